The standard InChI is InChI=1S/C26H39FN2O5Si/c1-25(2,3)33-24(32)29-14-19(34-35(7,8)26(4,5)6)13-22(29)23(31)28-18-11-17-9-16(15-30)10-20(17)21(27)12-18/h11-12,15-16,19,22H,9-10,13-14H2,1-8H3,(H,28,31)/t16?,19-,22+/m1/s1. The van der Waals surface area contributed by atoms with E-state index < -0.39 is 37.8 Å². The van der Waals surface area contributed by atoms with Crippen LogP contribution in [0.3, 0.4) is 0 Å². The summed E-state index contributed by atoms with van der Waals surface area (Å²) in [5.74, 6) is -1.09. The van der Waals surface area contributed by atoms with Gasteiger partial charge in [-0.05, 0) is 75.0 Å². The molecule has 7 nitrogen and oxygen atoms in total. The number of rotatable bonds is 5. The Balaban J connectivity index is 1.81. The van der Waals surface area contributed by atoms with E-state index in [2.05, 4.69) is 39.2 Å². The maximum absolute atomic E-state index is 14.7. The Labute approximate surface area is 208 Å². The van der Waals surface area contributed by atoms with Crippen LogP contribution in [0.25, 0.3) is 0 Å². The van der Waals surface area contributed by atoms with Crippen molar-refractivity contribution in [2.45, 2.75) is 96.7 Å². The molecule has 1 saturated heterocycles. The fraction of sp³-hybridized carbons (Fsp3) is 0.654. The predicted octanol–water partition coefficient (Wildman–Crippen LogP) is 5.08. The van der Waals surface area contributed by atoms with Crippen molar-refractivity contribution >= 4 is 32.3 Å². The molecule has 35 heavy (non-hydrogen) atoms. The topological polar surface area (TPSA) is 84.9 Å². The number of halogens is 1. The van der Waals surface area contributed by atoms with Gasteiger partial charge in [0.25, 0.3) is 0 Å². The van der Waals surface area contributed by atoms with Crippen LogP contribution in [0.2, 0.25) is 18.1 Å². The fourth-order valence-electron chi connectivity index (χ4n) is 4.36. The van der Waals surface area contributed by atoms with Gasteiger partial charge in [0.05, 0.1) is 6.10 Å². The Morgan fingerprint density at radius 2 is 1.80 bits per heavy atom. The van der Waals surface area contributed by atoms with E-state index in [-0.39, 0.29) is 23.6 Å². The van der Waals surface area contributed by atoms with Gasteiger partial charge in [0.2, 0.25) is 5.91 Å². The summed E-state index contributed by atoms with van der Waals surface area (Å²) in [5.41, 5.74) is 0.858. The van der Waals surface area contributed by atoms with Crippen molar-refractivity contribution in [3.05, 3.63) is 29.1 Å². The van der Waals surface area contributed by atoms with Crippen molar-refractivity contribution in [2.24, 2.45) is 5.92 Å². The van der Waals surface area contributed by atoms with E-state index in [1.165, 1.54) is 11.0 Å². The third kappa shape index (κ3) is 6.30. The highest BCUT2D eigenvalue weighted by Crippen LogP contribution is 2.39. The molecule has 1 aromatic carbocycles. The Kier molecular flexibility index (Phi) is 7.54. The first-order chi connectivity index (χ1) is 16.0. The monoisotopic (exact) mass is 506 g/mol. The van der Waals surface area contributed by atoms with E-state index in [1.54, 1.807) is 26.8 Å². The Hall–Kier alpha value is -2.26. The highest BCUT2D eigenvalue weighted by molar-refractivity contribution is 6.74. The van der Waals surface area contributed by atoms with Crippen LogP contribution in [-0.4, -0.2) is 55.8 Å². The molecule has 1 N–H and O–H groups in total. The summed E-state index contributed by atoms with van der Waals surface area (Å²) >= 11 is 0. The molecule has 1 unspecified atom stereocenters. The summed E-state index contributed by atoms with van der Waals surface area (Å²) in [7, 11) is -2.14. The second-order valence-corrected chi connectivity index (χ2v) is 17.0. The zero-order valence-electron chi connectivity index (χ0n) is 22.2. The highest BCUT2D eigenvalue weighted by Gasteiger charge is 2.46. The van der Waals surface area contributed by atoms with Gasteiger partial charge in [-0.15, -0.1) is 0 Å². The average Bonchev–Trinajstić information content (AvgIpc) is 3.29. The van der Waals surface area contributed by atoms with E-state index in [9.17, 15) is 18.8 Å². The van der Waals surface area contributed by atoms with Crippen molar-refractivity contribution in [2.75, 3.05) is 11.9 Å². The van der Waals surface area contributed by atoms with Gasteiger partial charge < -0.3 is 19.3 Å². The third-order valence-electron chi connectivity index (χ3n) is 7.16. The number of fused-ring (bicyclic) bond motifs is 1. The van der Waals surface area contributed by atoms with Crippen molar-refractivity contribution in [3.63, 3.8) is 0 Å². The van der Waals surface area contributed by atoms with E-state index in [0.29, 0.717) is 30.5 Å². The molecule has 194 valence electrons. The summed E-state index contributed by atoms with van der Waals surface area (Å²) in [4.78, 5) is 38.9. The van der Waals surface area contributed by atoms with Crippen LogP contribution in [0.15, 0.2) is 12.1 Å². The molecular weight excluding hydrogens is 467 g/mol. The first kappa shape index (κ1) is 27.3. The average molecular weight is 507 g/mol. The third-order valence-corrected chi connectivity index (χ3v) is 11.7. The number of hydrogen-bond acceptors (Lipinski definition) is 5. The van der Waals surface area contributed by atoms with Gasteiger partial charge >= 0.3 is 6.09 Å². The second kappa shape index (κ2) is 9.65. The fourth-order valence-corrected chi connectivity index (χ4v) is 5.72. The minimum absolute atomic E-state index is 0.0224. The second-order valence-electron chi connectivity index (χ2n) is 12.3. The van der Waals surface area contributed by atoms with Crippen molar-refractivity contribution in [1.82, 2.24) is 4.90 Å². The molecule has 2 amide bonds. The number of nitrogens with zero attached hydrogens (tertiary/aromatic N) is 1. The van der Waals surface area contributed by atoms with Crippen molar-refractivity contribution in [1.29, 1.82) is 0 Å². The summed E-state index contributed by atoms with van der Waals surface area (Å²) in [6.07, 6.45) is 1.13. The smallest absolute Gasteiger partial charge is 0.411 e. The minimum Gasteiger partial charge on any atom is -0.444 e. The lowest BCUT2D eigenvalue weighted by Crippen LogP contribution is -2.46. The lowest BCUT2D eigenvalue weighted by atomic mass is 10.1. The zero-order valence-corrected chi connectivity index (χ0v) is 23.2. The van der Waals surface area contributed by atoms with Crippen LogP contribution in [0.1, 0.15) is 59.1 Å². The summed E-state index contributed by atoms with van der Waals surface area (Å²) < 4.78 is 26.8. The van der Waals surface area contributed by atoms with Crippen molar-refractivity contribution < 1.29 is 27.9 Å². The highest BCUT2D eigenvalue weighted by atomic mass is 28.4. The lowest BCUT2D eigenvalue weighted by molar-refractivity contribution is -0.120. The number of aldehydes is 1. The van der Waals surface area contributed by atoms with Gasteiger partial charge in [0, 0.05) is 24.6 Å². The molecule has 1 fully saturated rings. The SMILES string of the molecule is CC(C)(C)OC(=O)N1C[C@H](O[Si](C)(C)C(C)(C)C)C[C@H]1C(=O)Nc1cc(F)c2c(c1)CC(C=O)C2. The maximum atomic E-state index is 14.7. The van der Waals surface area contributed by atoms with E-state index in [1.807, 2.05) is 0 Å². The quantitative estimate of drug-likeness (QED) is 0.445. The van der Waals surface area contributed by atoms with E-state index in [4.69, 9.17) is 9.16 Å². The van der Waals surface area contributed by atoms with E-state index >= 15 is 0 Å². The number of carbonyl (C=O) groups excluding carboxylic acids is 3. The Morgan fingerprint density at radius 1 is 1.14 bits per heavy atom. The summed E-state index contributed by atoms with van der Waals surface area (Å²) in [6, 6.07) is 2.19. The normalized spacial score (nSPS) is 22.7. The molecule has 1 aliphatic carbocycles. The van der Waals surface area contributed by atoms with Crippen LogP contribution in [0.5, 0.6) is 0 Å². The van der Waals surface area contributed by atoms with Crippen LogP contribution in [0, 0.1) is 11.7 Å². The number of ether oxygens (including phenoxy) is 1. The van der Waals surface area contributed by atoms with Gasteiger partial charge in [-0.1, -0.05) is 20.8 Å². The molecule has 0 saturated carbocycles. The number of anilines is 1. The first-order valence-electron chi connectivity index (χ1n) is 12.3. The zero-order chi connectivity index (χ0) is 26.3. The Bertz CT molecular complexity index is 999. The van der Waals surface area contributed by atoms with Gasteiger partial charge in [-0.3, -0.25) is 9.69 Å². The van der Waals surface area contributed by atoms with E-state index in [0.717, 1.165) is 11.8 Å². The number of carbonyl (C=O) groups is 3. The molecule has 0 radical (unpaired) electrons. The molecule has 3 rings (SSSR count). The largest absolute Gasteiger partial charge is 0.444 e. The maximum Gasteiger partial charge on any atom is 0.411 e. The summed E-state index contributed by atoms with van der Waals surface area (Å²) in [5, 5.41) is 2.77. The van der Waals surface area contributed by atoms with Crippen molar-refractivity contribution in [3.8, 4) is 0 Å². The minimum atomic E-state index is -2.14. The molecule has 0 aromatic heterocycles. The van der Waals surface area contributed by atoms with Gasteiger partial charge in [-0.2, -0.15) is 0 Å². The molecule has 1 aliphatic heterocycles. The molecule has 0 bridgehead atoms. The molecule has 1 aromatic rings. The molecule has 9 heteroatoms. The van der Waals surface area contributed by atoms with Gasteiger partial charge in [-0.25, -0.2) is 9.18 Å². The molecule has 1 heterocycles. The molecule has 2 aliphatic rings. The number of nitrogens with one attached hydrogen (secondary N) is 1. The molecular formula is C26H39FN2O5Si. The van der Waals surface area contributed by atoms with Gasteiger partial charge in [0.1, 0.15) is 23.7 Å². The van der Waals surface area contributed by atoms with Gasteiger partial charge in [0.15, 0.2) is 8.32 Å². The van der Waals surface area contributed by atoms with Crippen LogP contribution >= 0.6 is 0 Å². The molecule has 3 atom stereocenters. The number of amides is 2. The Morgan fingerprint density at radius 3 is 2.37 bits per heavy atom. The number of hydrogen-bond donors (Lipinski definition) is 1. The summed E-state index contributed by atoms with van der Waals surface area (Å²) in [6.45, 7) is 16.3. The molecule has 0 spiro atoms. The first-order valence-corrected chi connectivity index (χ1v) is 15.2. The number of likely N-dealkylation sites (tertiary alicyclic amines) is 1. The van der Waals surface area contributed by atoms with Crippen LogP contribution in [-0.2, 0) is 31.6 Å². The van der Waals surface area contributed by atoms with Crippen LogP contribution < -0.4 is 5.32 Å². The van der Waals surface area contributed by atoms with Crippen LogP contribution in [0.4, 0.5) is 14.9 Å². The lowest BCUT2D eigenvalue weighted by Gasteiger charge is -2.38. The predicted molar refractivity (Wildman–Crippen MR) is 135 cm³/mol. The number of benzene rings is 1.